The predicted molar refractivity (Wildman–Crippen MR) is 84.6 cm³/mol. The number of rotatable bonds is 1. The van der Waals surface area contributed by atoms with Crippen molar-refractivity contribution in [1.82, 2.24) is 0 Å². The number of hydrogen-bond acceptors (Lipinski definition) is 1. The molecule has 0 amide bonds. The number of carbonyl (C=O) groups is 1. The van der Waals surface area contributed by atoms with Gasteiger partial charge < -0.3 is 0 Å². The van der Waals surface area contributed by atoms with Gasteiger partial charge in [-0.3, -0.25) is 4.79 Å². The molecule has 1 nitrogen and oxygen atoms in total. The number of fused-ring (bicyclic) bond motifs is 2. The van der Waals surface area contributed by atoms with Crippen molar-refractivity contribution >= 4 is 5.78 Å². The van der Waals surface area contributed by atoms with Crippen molar-refractivity contribution in [2.24, 2.45) is 0 Å². The Bertz CT molecular complexity index is 831. The van der Waals surface area contributed by atoms with Crippen LogP contribution in [-0.4, -0.2) is 5.78 Å². The molecule has 0 N–H and O–H groups in total. The third-order valence-electron chi connectivity index (χ3n) is 4.13. The summed E-state index contributed by atoms with van der Waals surface area (Å²) in [6, 6.07) is 24.2. The number of hydrogen-bond donors (Lipinski definition) is 0. The Kier molecular flexibility index (Phi) is 2.71. The molecular formula is C20H14O. The molecule has 0 aromatic heterocycles. The zero-order valence-corrected chi connectivity index (χ0v) is 11.5. The van der Waals surface area contributed by atoms with Crippen molar-refractivity contribution in [3.8, 4) is 11.1 Å². The van der Waals surface area contributed by atoms with Crippen molar-refractivity contribution in [1.29, 1.82) is 0 Å². The van der Waals surface area contributed by atoms with Crippen LogP contribution in [0.2, 0.25) is 0 Å². The van der Waals surface area contributed by atoms with Crippen LogP contribution in [0, 0.1) is 0 Å². The lowest BCUT2D eigenvalue weighted by molar-refractivity contribution is 0.103. The maximum atomic E-state index is 12.7. The molecule has 3 aromatic rings. The molecule has 21 heavy (non-hydrogen) atoms. The highest BCUT2D eigenvalue weighted by Crippen LogP contribution is 2.34. The summed E-state index contributed by atoms with van der Waals surface area (Å²) in [6.45, 7) is 0. The molecule has 0 fully saturated rings. The summed E-state index contributed by atoms with van der Waals surface area (Å²) in [7, 11) is 0. The Morgan fingerprint density at radius 3 is 2.14 bits per heavy atom. The first kappa shape index (κ1) is 12.1. The topological polar surface area (TPSA) is 17.1 Å². The molecule has 1 aliphatic carbocycles. The minimum absolute atomic E-state index is 0.143. The molecule has 3 aromatic carbocycles. The van der Waals surface area contributed by atoms with E-state index in [1.165, 1.54) is 5.56 Å². The highest BCUT2D eigenvalue weighted by Gasteiger charge is 2.24. The fraction of sp³-hybridized carbons (Fsp3) is 0.0500. The van der Waals surface area contributed by atoms with Gasteiger partial charge in [0, 0.05) is 11.1 Å². The maximum Gasteiger partial charge on any atom is 0.193 e. The standard InChI is InChI=1S/C20H14O/c21-20-17-10-5-4-9-15(17)13-19-16(11-6-12-18(19)20)14-7-2-1-3-8-14/h1-12H,13H2. The minimum Gasteiger partial charge on any atom is -0.289 e. The molecule has 0 atom stereocenters. The van der Waals surface area contributed by atoms with E-state index >= 15 is 0 Å². The quantitative estimate of drug-likeness (QED) is 0.498. The van der Waals surface area contributed by atoms with Crippen molar-refractivity contribution < 1.29 is 4.79 Å². The molecule has 0 unspecified atom stereocenters. The summed E-state index contributed by atoms with van der Waals surface area (Å²) in [5, 5.41) is 0. The van der Waals surface area contributed by atoms with Gasteiger partial charge in [-0.15, -0.1) is 0 Å². The number of benzene rings is 3. The van der Waals surface area contributed by atoms with Crippen LogP contribution >= 0.6 is 0 Å². The molecule has 4 rings (SSSR count). The third-order valence-corrected chi connectivity index (χ3v) is 4.13. The Morgan fingerprint density at radius 2 is 1.29 bits per heavy atom. The summed E-state index contributed by atoms with van der Waals surface area (Å²) in [5.41, 5.74) is 6.29. The average molecular weight is 270 g/mol. The molecule has 1 aliphatic rings. The normalized spacial score (nSPS) is 12.7. The van der Waals surface area contributed by atoms with Gasteiger partial charge in [0.1, 0.15) is 0 Å². The average Bonchev–Trinajstić information content (AvgIpc) is 2.56. The molecular weight excluding hydrogens is 256 g/mol. The summed E-state index contributed by atoms with van der Waals surface area (Å²) in [5.74, 6) is 0.143. The zero-order valence-electron chi connectivity index (χ0n) is 11.5. The summed E-state index contributed by atoms with van der Waals surface area (Å²) in [4.78, 5) is 12.7. The Balaban J connectivity index is 1.94. The Hall–Kier alpha value is -2.67. The molecule has 100 valence electrons. The lowest BCUT2D eigenvalue weighted by Crippen LogP contribution is -2.15. The first-order chi connectivity index (χ1) is 10.3. The first-order valence-electron chi connectivity index (χ1n) is 7.14. The van der Waals surface area contributed by atoms with Gasteiger partial charge in [0.25, 0.3) is 0 Å². The molecule has 0 radical (unpaired) electrons. The van der Waals surface area contributed by atoms with Gasteiger partial charge in [-0.1, -0.05) is 72.8 Å². The van der Waals surface area contributed by atoms with E-state index in [9.17, 15) is 4.79 Å². The van der Waals surface area contributed by atoms with Crippen molar-refractivity contribution in [3.63, 3.8) is 0 Å². The van der Waals surface area contributed by atoms with Gasteiger partial charge in [0.15, 0.2) is 5.78 Å². The van der Waals surface area contributed by atoms with Crippen LogP contribution in [-0.2, 0) is 6.42 Å². The van der Waals surface area contributed by atoms with E-state index in [1.807, 2.05) is 48.5 Å². The van der Waals surface area contributed by atoms with Crippen LogP contribution in [0.1, 0.15) is 27.0 Å². The molecule has 0 bridgehead atoms. The van der Waals surface area contributed by atoms with Gasteiger partial charge in [-0.25, -0.2) is 0 Å². The highest BCUT2D eigenvalue weighted by atomic mass is 16.1. The highest BCUT2D eigenvalue weighted by molar-refractivity contribution is 6.13. The Labute approximate surface area is 123 Å². The molecule has 0 spiro atoms. The minimum atomic E-state index is 0.143. The second-order valence-electron chi connectivity index (χ2n) is 5.36. The third kappa shape index (κ3) is 1.90. The van der Waals surface area contributed by atoms with E-state index in [1.54, 1.807) is 0 Å². The van der Waals surface area contributed by atoms with E-state index in [4.69, 9.17) is 0 Å². The van der Waals surface area contributed by atoms with Crippen LogP contribution in [0.15, 0.2) is 72.8 Å². The van der Waals surface area contributed by atoms with E-state index in [-0.39, 0.29) is 5.78 Å². The largest absolute Gasteiger partial charge is 0.289 e. The van der Waals surface area contributed by atoms with E-state index < -0.39 is 0 Å². The lowest BCUT2D eigenvalue weighted by atomic mass is 9.81. The second-order valence-corrected chi connectivity index (χ2v) is 5.36. The SMILES string of the molecule is O=C1c2ccccc2Cc2c1cccc2-c1ccccc1. The van der Waals surface area contributed by atoms with Crippen LogP contribution in [0.25, 0.3) is 11.1 Å². The van der Waals surface area contributed by atoms with Crippen LogP contribution in [0.5, 0.6) is 0 Å². The van der Waals surface area contributed by atoms with Crippen molar-refractivity contribution in [2.45, 2.75) is 6.42 Å². The van der Waals surface area contributed by atoms with Crippen molar-refractivity contribution in [3.05, 3.63) is 95.1 Å². The molecule has 1 heteroatoms. The van der Waals surface area contributed by atoms with Crippen LogP contribution < -0.4 is 0 Å². The zero-order chi connectivity index (χ0) is 14.2. The first-order valence-corrected chi connectivity index (χ1v) is 7.14. The van der Waals surface area contributed by atoms with E-state index in [0.29, 0.717) is 0 Å². The molecule has 0 saturated heterocycles. The molecule has 0 heterocycles. The maximum absolute atomic E-state index is 12.7. The van der Waals surface area contributed by atoms with Gasteiger partial charge in [-0.05, 0) is 28.7 Å². The van der Waals surface area contributed by atoms with Crippen LogP contribution in [0.3, 0.4) is 0 Å². The number of ketones is 1. The Morgan fingerprint density at radius 1 is 0.619 bits per heavy atom. The smallest absolute Gasteiger partial charge is 0.193 e. The van der Waals surface area contributed by atoms with Gasteiger partial charge in [0.2, 0.25) is 0 Å². The summed E-state index contributed by atoms with van der Waals surface area (Å²) < 4.78 is 0. The fourth-order valence-electron chi connectivity index (χ4n) is 3.11. The lowest BCUT2D eigenvalue weighted by Gasteiger charge is -2.21. The molecule has 0 aliphatic heterocycles. The van der Waals surface area contributed by atoms with E-state index in [0.717, 1.165) is 34.2 Å². The molecule has 0 saturated carbocycles. The van der Waals surface area contributed by atoms with Gasteiger partial charge >= 0.3 is 0 Å². The summed E-state index contributed by atoms with van der Waals surface area (Å²) in [6.07, 6.45) is 0.822. The van der Waals surface area contributed by atoms with E-state index in [2.05, 4.69) is 24.3 Å². The monoisotopic (exact) mass is 270 g/mol. The summed E-state index contributed by atoms with van der Waals surface area (Å²) >= 11 is 0. The fourth-order valence-corrected chi connectivity index (χ4v) is 3.11. The van der Waals surface area contributed by atoms with Crippen LogP contribution in [0.4, 0.5) is 0 Å². The second kappa shape index (κ2) is 4.71. The van der Waals surface area contributed by atoms with Gasteiger partial charge in [-0.2, -0.15) is 0 Å². The van der Waals surface area contributed by atoms with Crippen molar-refractivity contribution in [2.75, 3.05) is 0 Å². The number of carbonyl (C=O) groups excluding carboxylic acids is 1. The predicted octanol–water partition coefficient (Wildman–Crippen LogP) is 4.49. The van der Waals surface area contributed by atoms with Gasteiger partial charge in [0.05, 0.1) is 0 Å².